The fourth-order valence-corrected chi connectivity index (χ4v) is 1.89. The average Bonchev–Trinajstić information content (AvgIpc) is 2.38. The van der Waals surface area contributed by atoms with Crippen LogP contribution in [0.25, 0.3) is 10.8 Å². The zero-order valence-electron chi connectivity index (χ0n) is 12.2. The Bertz CT molecular complexity index is 573. The molecule has 19 heavy (non-hydrogen) atoms. The van der Waals surface area contributed by atoms with Gasteiger partial charge in [0.25, 0.3) is 0 Å². The minimum absolute atomic E-state index is 0.246. The number of hydrogen-bond donors (Lipinski definition) is 2. The number of pyridine rings is 1. The number of nitrogens with zero attached hydrogens (tertiary/aromatic N) is 1. The van der Waals surface area contributed by atoms with Crippen LogP contribution in [0.2, 0.25) is 0 Å². The summed E-state index contributed by atoms with van der Waals surface area (Å²) in [6, 6.07) is 5.95. The Morgan fingerprint density at radius 3 is 2.63 bits per heavy atom. The highest BCUT2D eigenvalue weighted by Crippen LogP contribution is 2.30. The van der Waals surface area contributed by atoms with E-state index in [1.807, 2.05) is 24.4 Å². The number of benzene rings is 1. The van der Waals surface area contributed by atoms with Gasteiger partial charge in [-0.05, 0) is 29.5 Å². The summed E-state index contributed by atoms with van der Waals surface area (Å²) < 4.78 is 0. The Morgan fingerprint density at radius 1 is 1.21 bits per heavy atom. The van der Waals surface area contributed by atoms with Crippen molar-refractivity contribution in [2.45, 2.75) is 27.7 Å². The van der Waals surface area contributed by atoms with Crippen molar-refractivity contribution in [3.05, 3.63) is 30.6 Å². The van der Waals surface area contributed by atoms with Gasteiger partial charge in [-0.1, -0.05) is 27.7 Å². The number of nitrogen functional groups attached to an aromatic ring is 1. The van der Waals surface area contributed by atoms with Crippen molar-refractivity contribution in [2.24, 2.45) is 11.3 Å². The van der Waals surface area contributed by atoms with Crippen molar-refractivity contribution in [3.63, 3.8) is 0 Å². The molecule has 0 amide bonds. The van der Waals surface area contributed by atoms with Gasteiger partial charge >= 0.3 is 0 Å². The molecule has 0 radical (unpaired) electrons. The van der Waals surface area contributed by atoms with Crippen LogP contribution >= 0.6 is 0 Å². The monoisotopic (exact) mass is 257 g/mol. The number of fused-ring (bicyclic) bond motifs is 1. The Balaban J connectivity index is 2.29. The highest BCUT2D eigenvalue weighted by molar-refractivity contribution is 6.00. The van der Waals surface area contributed by atoms with E-state index < -0.39 is 0 Å². The molecular formula is C16H23N3. The molecule has 1 aromatic carbocycles. The van der Waals surface area contributed by atoms with Gasteiger partial charge in [-0.2, -0.15) is 0 Å². The molecule has 0 aliphatic carbocycles. The summed E-state index contributed by atoms with van der Waals surface area (Å²) in [4.78, 5) is 4.20. The fourth-order valence-electron chi connectivity index (χ4n) is 1.89. The van der Waals surface area contributed by atoms with Crippen LogP contribution in [0, 0.1) is 11.3 Å². The van der Waals surface area contributed by atoms with Crippen molar-refractivity contribution in [1.29, 1.82) is 0 Å². The number of hydrogen-bond acceptors (Lipinski definition) is 3. The molecule has 1 heterocycles. The molecule has 0 aliphatic heterocycles. The van der Waals surface area contributed by atoms with E-state index in [4.69, 9.17) is 5.73 Å². The molecule has 1 aromatic heterocycles. The first-order chi connectivity index (χ1) is 8.92. The summed E-state index contributed by atoms with van der Waals surface area (Å²) in [5, 5.41) is 5.68. The topological polar surface area (TPSA) is 50.9 Å². The van der Waals surface area contributed by atoms with Gasteiger partial charge in [0.05, 0.1) is 0 Å². The normalized spacial score (nSPS) is 12.1. The molecule has 0 unspecified atom stereocenters. The Morgan fingerprint density at radius 2 is 1.95 bits per heavy atom. The molecule has 2 rings (SSSR count). The van der Waals surface area contributed by atoms with Gasteiger partial charge in [-0.3, -0.25) is 4.98 Å². The summed E-state index contributed by atoms with van der Waals surface area (Å²) in [7, 11) is 0. The Labute approximate surface area is 115 Å². The number of nitrogens with two attached hydrogens (primary N) is 1. The number of aromatic nitrogens is 1. The summed E-state index contributed by atoms with van der Waals surface area (Å²) >= 11 is 0. The highest BCUT2D eigenvalue weighted by Gasteiger charge is 2.22. The second-order valence-electron chi connectivity index (χ2n) is 6.12. The third kappa shape index (κ3) is 2.80. The van der Waals surface area contributed by atoms with E-state index in [-0.39, 0.29) is 5.41 Å². The lowest BCUT2D eigenvalue weighted by molar-refractivity contribution is 0.270. The van der Waals surface area contributed by atoms with Crippen molar-refractivity contribution in [1.82, 2.24) is 4.98 Å². The number of rotatable bonds is 4. The Kier molecular flexibility index (Phi) is 3.65. The Hall–Kier alpha value is -1.77. The first-order valence-corrected chi connectivity index (χ1v) is 6.78. The van der Waals surface area contributed by atoms with Gasteiger partial charge in [-0.25, -0.2) is 0 Å². The average molecular weight is 257 g/mol. The molecule has 102 valence electrons. The molecule has 2 aromatic rings. The summed E-state index contributed by atoms with van der Waals surface area (Å²) in [5.74, 6) is 0.623. The van der Waals surface area contributed by atoms with Crippen LogP contribution < -0.4 is 11.1 Å². The predicted octanol–water partition coefficient (Wildman–Crippen LogP) is 3.91. The molecule has 0 bridgehead atoms. The van der Waals surface area contributed by atoms with Crippen LogP contribution in [-0.2, 0) is 0 Å². The summed E-state index contributed by atoms with van der Waals surface area (Å²) in [6.07, 6.45) is 3.65. The van der Waals surface area contributed by atoms with Crippen LogP contribution in [0.15, 0.2) is 30.6 Å². The molecule has 3 N–H and O–H groups in total. The lowest BCUT2D eigenvalue weighted by Crippen LogP contribution is -2.28. The third-order valence-corrected chi connectivity index (χ3v) is 4.15. The maximum Gasteiger partial charge on any atom is 0.0437 e. The third-order valence-electron chi connectivity index (χ3n) is 4.15. The van der Waals surface area contributed by atoms with E-state index in [9.17, 15) is 0 Å². The molecule has 0 spiro atoms. The van der Waals surface area contributed by atoms with Gasteiger partial charge < -0.3 is 11.1 Å². The maximum atomic E-state index is 6.00. The van der Waals surface area contributed by atoms with Gasteiger partial charge in [0.1, 0.15) is 0 Å². The van der Waals surface area contributed by atoms with E-state index in [0.717, 1.165) is 28.7 Å². The second-order valence-corrected chi connectivity index (χ2v) is 6.12. The fraction of sp³-hybridized carbons (Fsp3) is 0.438. The van der Waals surface area contributed by atoms with Gasteiger partial charge in [0.15, 0.2) is 0 Å². The zero-order valence-corrected chi connectivity index (χ0v) is 12.2. The molecule has 3 heteroatoms. The lowest BCUT2D eigenvalue weighted by Gasteiger charge is -2.30. The standard InChI is InChI=1S/C16H23N3/c1-11(2)16(3,4)10-19-15-6-5-14(17)12-7-8-18-9-13(12)15/h5-9,11,19H,10,17H2,1-4H3. The quantitative estimate of drug-likeness (QED) is 0.816. The van der Waals surface area contributed by atoms with E-state index in [0.29, 0.717) is 5.92 Å². The van der Waals surface area contributed by atoms with Gasteiger partial charge in [-0.15, -0.1) is 0 Å². The van der Waals surface area contributed by atoms with Crippen molar-refractivity contribution < 1.29 is 0 Å². The van der Waals surface area contributed by atoms with Crippen molar-refractivity contribution >= 4 is 22.1 Å². The van der Waals surface area contributed by atoms with Crippen LogP contribution in [0.1, 0.15) is 27.7 Å². The summed E-state index contributed by atoms with van der Waals surface area (Å²) in [6.45, 7) is 10.00. The SMILES string of the molecule is CC(C)C(C)(C)CNc1ccc(N)c2ccncc12. The number of anilines is 2. The first kappa shape index (κ1) is 13.7. The largest absolute Gasteiger partial charge is 0.398 e. The molecule has 0 aliphatic rings. The summed E-state index contributed by atoms with van der Waals surface area (Å²) in [5.41, 5.74) is 8.15. The van der Waals surface area contributed by atoms with Crippen LogP contribution in [0.5, 0.6) is 0 Å². The molecule has 0 fully saturated rings. The smallest absolute Gasteiger partial charge is 0.0437 e. The van der Waals surface area contributed by atoms with Crippen molar-refractivity contribution in [2.75, 3.05) is 17.6 Å². The number of nitrogens with one attached hydrogen (secondary N) is 1. The minimum Gasteiger partial charge on any atom is -0.398 e. The van der Waals surface area contributed by atoms with Gasteiger partial charge in [0.2, 0.25) is 0 Å². The molecule has 0 atom stereocenters. The molecule has 0 saturated heterocycles. The zero-order chi connectivity index (χ0) is 14.0. The van der Waals surface area contributed by atoms with E-state index in [1.54, 1.807) is 6.20 Å². The maximum absolute atomic E-state index is 6.00. The van der Waals surface area contributed by atoms with E-state index in [1.165, 1.54) is 0 Å². The molecule has 3 nitrogen and oxygen atoms in total. The second kappa shape index (κ2) is 5.08. The first-order valence-electron chi connectivity index (χ1n) is 6.78. The minimum atomic E-state index is 0.246. The lowest BCUT2D eigenvalue weighted by atomic mass is 9.81. The molecular weight excluding hydrogens is 234 g/mol. The predicted molar refractivity (Wildman–Crippen MR) is 83.3 cm³/mol. The van der Waals surface area contributed by atoms with Crippen LogP contribution in [0.3, 0.4) is 0 Å². The van der Waals surface area contributed by atoms with Crippen LogP contribution in [-0.4, -0.2) is 11.5 Å². The highest BCUT2D eigenvalue weighted by atomic mass is 14.9. The molecule has 0 saturated carbocycles. The van der Waals surface area contributed by atoms with Gasteiger partial charge in [0, 0.05) is 41.1 Å². The van der Waals surface area contributed by atoms with Crippen molar-refractivity contribution in [3.8, 4) is 0 Å². The van der Waals surface area contributed by atoms with E-state index in [2.05, 4.69) is 38.0 Å². The van der Waals surface area contributed by atoms with Crippen LogP contribution in [0.4, 0.5) is 11.4 Å². The van der Waals surface area contributed by atoms with E-state index >= 15 is 0 Å².